The molecule has 2 aliphatic rings. The van der Waals surface area contributed by atoms with Crippen LogP contribution in [-0.2, 0) is 9.53 Å². The first-order valence-corrected chi connectivity index (χ1v) is 5.50. The largest absolute Gasteiger partial charge is 0.366 e. The second-order valence-corrected chi connectivity index (χ2v) is 4.37. The first kappa shape index (κ1) is 8.05. The zero-order chi connectivity index (χ0) is 11.1. The van der Waals surface area contributed by atoms with Crippen LogP contribution in [0.5, 0.6) is 0 Å². The number of carbonyl (C=O) groups is 1. The highest BCUT2D eigenvalue weighted by atomic mass is 16.5. The fourth-order valence-corrected chi connectivity index (χ4v) is 2.68. The third-order valence-electron chi connectivity index (χ3n) is 3.46. The standard InChI is InChI=1S/C13H14O2/c14-8-9-5-6-12-10-3-1-2-4-11(10)13(7-9)15-12/h1-4,8-9,12-13H,5-7H2/t9-,12-,13+/m1/s1/i8D. The molecule has 1 aromatic carbocycles. The van der Waals surface area contributed by atoms with Gasteiger partial charge in [0.25, 0.3) is 0 Å². The number of aldehydes is 1. The quantitative estimate of drug-likeness (QED) is 0.656. The Hall–Kier alpha value is -1.15. The Kier molecular flexibility index (Phi) is 1.86. The van der Waals surface area contributed by atoms with Crippen molar-refractivity contribution in [3.8, 4) is 0 Å². The van der Waals surface area contributed by atoms with Crippen LogP contribution in [0.2, 0.25) is 0 Å². The molecule has 3 rings (SSSR count). The fraction of sp³-hybridized carbons (Fsp3) is 0.462. The third-order valence-corrected chi connectivity index (χ3v) is 3.46. The monoisotopic (exact) mass is 203 g/mol. The lowest BCUT2D eigenvalue weighted by Gasteiger charge is -2.13. The average molecular weight is 203 g/mol. The minimum atomic E-state index is -0.436. The Morgan fingerprint density at radius 1 is 1.27 bits per heavy atom. The molecule has 3 atom stereocenters. The number of hydrogen-bond acceptors (Lipinski definition) is 2. The maximum Gasteiger partial charge on any atom is 0.123 e. The summed E-state index contributed by atoms with van der Waals surface area (Å²) in [6.07, 6.45) is 2.07. The fourth-order valence-electron chi connectivity index (χ4n) is 2.68. The Bertz CT molecular complexity index is 430. The minimum Gasteiger partial charge on any atom is -0.366 e. The van der Waals surface area contributed by atoms with Gasteiger partial charge in [-0.2, -0.15) is 0 Å². The summed E-state index contributed by atoms with van der Waals surface area (Å²) in [5.74, 6) is -0.136. The maximum atomic E-state index is 11.2. The number of rotatable bonds is 1. The average Bonchev–Trinajstić information content (AvgIpc) is 2.47. The van der Waals surface area contributed by atoms with Crippen LogP contribution in [0.4, 0.5) is 0 Å². The molecular formula is C13H14O2. The molecule has 0 aliphatic carbocycles. The lowest BCUT2D eigenvalue weighted by Crippen LogP contribution is -2.07. The van der Waals surface area contributed by atoms with E-state index in [0.717, 1.165) is 12.8 Å². The van der Waals surface area contributed by atoms with Crippen molar-refractivity contribution >= 4 is 6.26 Å². The van der Waals surface area contributed by atoms with E-state index in [0.29, 0.717) is 6.42 Å². The Balaban J connectivity index is 1.95. The van der Waals surface area contributed by atoms with E-state index in [1.165, 1.54) is 11.1 Å². The molecule has 2 nitrogen and oxygen atoms in total. The predicted molar refractivity (Wildman–Crippen MR) is 56.4 cm³/mol. The van der Waals surface area contributed by atoms with Gasteiger partial charge in [0.2, 0.25) is 0 Å². The first-order valence-electron chi connectivity index (χ1n) is 6.00. The van der Waals surface area contributed by atoms with Crippen LogP contribution in [-0.4, -0.2) is 6.26 Å². The zero-order valence-corrected chi connectivity index (χ0v) is 8.48. The summed E-state index contributed by atoms with van der Waals surface area (Å²) in [4.78, 5) is 11.2. The molecule has 2 heteroatoms. The number of hydrogen-bond donors (Lipinski definition) is 0. The van der Waals surface area contributed by atoms with E-state index in [1.807, 2.05) is 12.1 Å². The Labute approximate surface area is 90.7 Å². The Morgan fingerprint density at radius 2 is 2.00 bits per heavy atom. The van der Waals surface area contributed by atoms with Crippen molar-refractivity contribution in [2.45, 2.75) is 31.5 Å². The molecule has 1 saturated heterocycles. The molecule has 0 saturated carbocycles. The van der Waals surface area contributed by atoms with Crippen LogP contribution in [0, 0.1) is 5.92 Å². The maximum absolute atomic E-state index is 11.2. The molecule has 0 spiro atoms. The molecule has 78 valence electrons. The summed E-state index contributed by atoms with van der Waals surface area (Å²) >= 11 is 0. The van der Waals surface area contributed by atoms with Crippen LogP contribution >= 0.6 is 0 Å². The van der Waals surface area contributed by atoms with Gasteiger partial charge in [-0.15, -0.1) is 0 Å². The summed E-state index contributed by atoms with van der Waals surface area (Å²) in [6, 6.07) is 8.24. The van der Waals surface area contributed by atoms with Crippen molar-refractivity contribution in [2.24, 2.45) is 5.92 Å². The molecule has 2 bridgehead atoms. The van der Waals surface area contributed by atoms with Gasteiger partial charge < -0.3 is 9.53 Å². The molecule has 0 aromatic heterocycles. The highest BCUT2D eigenvalue weighted by Gasteiger charge is 2.35. The number of carbonyl (C=O) groups excluding carboxylic acids is 1. The number of ether oxygens (including phenoxy) is 1. The lowest BCUT2D eigenvalue weighted by atomic mass is 9.88. The van der Waals surface area contributed by atoms with Crippen molar-refractivity contribution in [2.75, 3.05) is 0 Å². The van der Waals surface area contributed by atoms with Crippen LogP contribution in [0.15, 0.2) is 24.3 Å². The van der Waals surface area contributed by atoms with Crippen LogP contribution in [0.1, 0.15) is 44.0 Å². The number of benzene rings is 1. The second kappa shape index (κ2) is 3.46. The van der Waals surface area contributed by atoms with E-state index in [9.17, 15) is 4.79 Å². The van der Waals surface area contributed by atoms with E-state index in [1.54, 1.807) is 0 Å². The first-order chi connectivity index (χ1) is 7.75. The smallest absolute Gasteiger partial charge is 0.123 e. The van der Waals surface area contributed by atoms with Gasteiger partial charge in [0.1, 0.15) is 7.63 Å². The molecule has 15 heavy (non-hydrogen) atoms. The zero-order valence-electron chi connectivity index (χ0n) is 9.48. The summed E-state index contributed by atoms with van der Waals surface area (Å²) in [5, 5.41) is 0. The lowest BCUT2D eigenvalue weighted by molar-refractivity contribution is -0.111. The van der Waals surface area contributed by atoms with Crippen molar-refractivity contribution in [1.29, 1.82) is 0 Å². The van der Waals surface area contributed by atoms with Gasteiger partial charge in [0, 0.05) is 5.92 Å². The van der Waals surface area contributed by atoms with Crippen LogP contribution in [0.3, 0.4) is 0 Å². The van der Waals surface area contributed by atoms with Gasteiger partial charge in [-0.25, -0.2) is 0 Å². The van der Waals surface area contributed by atoms with E-state index >= 15 is 0 Å². The van der Waals surface area contributed by atoms with E-state index < -0.39 is 6.26 Å². The molecular weight excluding hydrogens is 188 g/mol. The van der Waals surface area contributed by atoms with E-state index in [2.05, 4.69) is 12.1 Å². The molecule has 0 unspecified atom stereocenters. The molecule has 1 fully saturated rings. The van der Waals surface area contributed by atoms with Crippen molar-refractivity contribution in [3.63, 3.8) is 0 Å². The highest BCUT2D eigenvalue weighted by Crippen LogP contribution is 2.47. The minimum absolute atomic E-state index is 0.0306. The molecule has 2 heterocycles. The van der Waals surface area contributed by atoms with Gasteiger partial charge in [-0.3, -0.25) is 0 Å². The molecule has 2 aliphatic heterocycles. The highest BCUT2D eigenvalue weighted by molar-refractivity contribution is 5.54. The van der Waals surface area contributed by atoms with Crippen molar-refractivity contribution in [1.82, 2.24) is 0 Å². The summed E-state index contributed by atoms with van der Waals surface area (Å²) in [6.45, 7) is 0. The predicted octanol–water partition coefficient (Wildman–Crippen LogP) is 2.80. The summed E-state index contributed by atoms with van der Waals surface area (Å²) in [5.41, 5.74) is 2.50. The van der Waals surface area contributed by atoms with Gasteiger partial charge in [-0.1, -0.05) is 24.3 Å². The van der Waals surface area contributed by atoms with Crippen LogP contribution in [0.25, 0.3) is 0 Å². The van der Waals surface area contributed by atoms with E-state index in [-0.39, 0.29) is 18.1 Å². The third kappa shape index (κ3) is 1.40. The van der Waals surface area contributed by atoms with Gasteiger partial charge in [-0.05, 0) is 30.4 Å². The van der Waals surface area contributed by atoms with Crippen LogP contribution < -0.4 is 0 Å². The normalized spacial score (nSPS) is 34.1. The Morgan fingerprint density at radius 3 is 2.73 bits per heavy atom. The summed E-state index contributed by atoms with van der Waals surface area (Å²) in [7, 11) is 0. The van der Waals surface area contributed by atoms with E-state index in [4.69, 9.17) is 6.11 Å². The van der Waals surface area contributed by atoms with Crippen molar-refractivity contribution in [3.05, 3.63) is 35.4 Å². The molecule has 0 N–H and O–H groups in total. The SMILES string of the molecule is [2H]C(=O)[C@@H]1CC[C@H]2O[C@@H](C1)c1ccccc12. The molecule has 1 aromatic rings. The number of fused-ring (bicyclic) bond motifs is 5. The molecule has 0 amide bonds. The topological polar surface area (TPSA) is 26.3 Å². The van der Waals surface area contributed by atoms with Gasteiger partial charge >= 0.3 is 0 Å². The van der Waals surface area contributed by atoms with Gasteiger partial charge in [0.05, 0.1) is 12.2 Å². The van der Waals surface area contributed by atoms with Crippen molar-refractivity contribution < 1.29 is 10.9 Å². The summed E-state index contributed by atoms with van der Waals surface area (Å²) < 4.78 is 13.2. The second-order valence-electron chi connectivity index (χ2n) is 4.37. The van der Waals surface area contributed by atoms with Gasteiger partial charge in [0.15, 0.2) is 0 Å². The molecule has 0 radical (unpaired) electrons.